The lowest BCUT2D eigenvalue weighted by molar-refractivity contribution is -0.160. The van der Waals surface area contributed by atoms with Crippen LogP contribution in [0.2, 0.25) is 0 Å². The molecule has 0 saturated heterocycles. The highest BCUT2D eigenvalue weighted by molar-refractivity contribution is 6.12. The quantitative estimate of drug-likeness (QED) is 0.657. The molecule has 0 amide bonds. The summed E-state index contributed by atoms with van der Waals surface area (Å²) < 4.78 is 5.68. The molecule has 0 spiro atoms. The van der Waals surface area contributed by atoms with Crippen LogP contribution in [0.1, 0.15) is 38.3 Å². The molecule has 1 unspecified atom stereocenters. The Kier molecular flexibility index (Phi) is 2.19. The molecule has 94 valence electrons. The molecule has 0 fully saturated rings. The predicted molar refractivity (Wildman–Crippen MR) is 69.9 cm³/mol. The molecule has 1 aliphatic heterocycles. The van der Waals surface area contributed by atoms with Gasteiger partial charge in [-0.15, -0.1) is 0 Å². The highest BCUT2D eigenvalue weighted by Gasteiger charge is 2.47. The minimum absolute atomic E-state index is 0.229. The fraction of sp³-hybridized carbons (Fsp3) is 0.467. The number of esters is 1. The Morgan fingerprint density at radius 1 is 1.22 bits per heavy atom. The highest BCUT2D eigenvalue weighted by atomic mass is 16.6. The number of fused-ring (bicyclic) bond motifs is 3. The van der Waals surface area contributed by atoms with Gasteiger partial charge in [-0.25, -0.2) is 4.79 Å². The van der Waals surface area contributed by atoms with Crippen LogP contribution in [0.15, 0.2) is 29.3 Å². The SMILES string of the molecule is CC1(C)N=C2c3ccccc3CCC2(C)OC1=O. The molecule has 3 rings (SSSR count). The van der Waals surface area contributed by atoms with E-state index in [1.165, 1.54) is 5.56 Å². The second-order valence-corrected chi connectivity index (χ2v) is 5.80. The zero-order chi connectivity index (χ0) is 13.0. The topological polar surface area (TPSA) is 38.7 Å². The van der Waals surface area contributed by atoms with Gasteiger partial charge in [-0.3, -0.25) is 4.99 Å². The molecule has 0 aromatic heterocycles. The molecular formula is C15H17NO2. The molecule has 0 saturated carbocycles. The number of carbonyl (C=O) groups is 1. The lowest BCUT2D eigenvalue weighted by atomic mass is 9.78. The van der Waals surface area contributed by atoms with Crippen LogP contribution in [0.4, 0.5) is 0 Å². The van der Waals surface area contributed by atoms with Crippen molar-refractivity contribution in [2.45, 2.75) is 44.8 Å². The molecule has 18 heavy (non-hydrogen) atoms. The minimum atomic E-state index is -0.778. The van der Waals surface area contributed by atoms with Gasteiger partial charge in [-0.05, 0) is 39.2 Å². The van der Waals surface area contributed by atoms with Crippen molar-refractivity contribution in [1.82, 2.24) is 0 Å². The zero-order valence-corrected chi connectivity index (χ0v) is 11.0. The molecule has 3 heteroatoms. The molecule has 2 aliphatic rings. The first kappa shape index (κ1) is 11.5. The standard InChI is InChI=1S/C15H17NO2/c1-14(2)13(17)18-15(3)9-8-10-6-4-5-7-11(10)12(15)16-14/h4-7H,8-9H2,1-3H3. The van der Waals surface area contributed by atoms with E-state index in [-0.39, 0.29) is 5.97 Å². The number of ether oxygens (including phenoxy) is 1. The lowest BCUT2D eigenvalue weighted by Gasteiger charge is -2.42. The number of benzene rings is 1. The zero-order valence-electron chi connectivity index (χ0n) is 11.0. The van der Waals surface area contributed by atoms with Gasteiger partial charge in [0.1, 0.15) is 0 Å². The van der Waals surface area contributed by atoms with Gasteiger partial charge in [-0.2, -0.15) is 0 Å². The van der Waals surface area contributed by atoms with Gasteiger partial charge >= 0.3 is 5.97 Å². The Bertz CT molecular complexity index is 559. The van der Waals surface area contributed by atoms with E-state index in [1.807, 2.05) is 19.1 Å². The third-order valence-electron chi connectivity index (χ3n) is 3.85. The van der Waals surface area contributed by atoms with E-state index < -0.39 is 11.1 Å². The average Bonchev–Trinajstić information content (AvgIpc) is 2.32. The summed E-state index contributed by atoms with van der Waals surface area (Å²) in [6.45, 7) is 5.58. The first-order chi connectivity index (χ1) is 8.42. The largest absolute Gasteiger partial charge is 0.451 e. The molecule has 1 aromatic carbocycles. The molecule has 1 atom stereocenters. The number of carbonyl (C=O) groups excluding carboxylic acids is 1. The number of rotatable bonds is 0. The number of aliphatic imine (C=N–C) groups is 1. The minimum Gasteiger partial charge on any atom is -0.451 e. The Labute approximate surface area is 107 Å². The lowest BCUT2D eigenvalue weighted by Crippen LogP contribution is -2.53. The molecule has 0 N–H and O–H groups in total. The van der Waals surface area contributed by atoms with Crippen molar-refractivity contribution in [2.75, 3.05) is 0 Å². The first-order valence-corrected chi connectivity index (χ1v) is 6.34. The van der Waals surface area contributed by atoms with Crippen molar-refractivity contribution in [3.63, 3.8) is 0 Å². The van der Waals surface area contributed by atoms with Crippen LogP contribution in [0.3, 0.4) is 0 Å². The van der Waals surface area contributed by atoms with Crippen molar-refractivity contribution in [3.8, 4) is 0 Å². The van der Waals surface area contributed by atoms with Gasteiger partial charge in [0.15, 0.2) is 11.1 Å². The Morgan fingerprint density at radius 2 is 1.94 bits per heavy atom. The maximum Gasteiger partial charge on any atom is 0.334 e. The summed E-state index contributed by atoms with van der Waals surface area (Å²) in [6, 6.07) is 8.25. The van der Waals surface area contributed by atoms with Crippen LogP contribution in [-0.4, -0.2) is 22.8 Å². The van der Waals surface area contributed by atoms with Gasteiger partial charge in [0.25, 0.3) is 0 Å². The number of aryl methyl sites for hydroxylation is 1. The molecule has 1 heterocycles. The Morgan fingerprint density at radius 3 is 2.72 bits per heavy atom. The number of hydrogen-bond donors (Lipinski definition) is 0. The smallest absolute Gasteiger partial charge is 0.334 e. The summed E-state index contributed by atoms with van der Waals surface area (Å²) in [6.07, 6.45) is 1.74. The third-order valence-corrected chi connectivity index (χ3v) is 3.85. The number of hydrogen-bond acceptors (Lipinski definition) is 3. The van der Waals surface area contributed by atoms with Crippen molar-refractivity contribution >= 4 is 11.7 Å². The van der Waals surface area contributed by atoms with E-state index in [9.17, 15) is 4.79 Å². The van der Waals surface area contributed by atoms with Crippen LogP contribution in [-0.2, 0) is 16.0 Å². The summed E-state index contributed by atoms with van der Waals surface area (Å²) >= 11 is 0. The van der Waals surface area contributed by atoms with Crippen molar-refractivity contribution in [2.24, 2.45) is 4.99 Å². The van der Waals surface area contributed by atoms with Crippen molar-refractivity contribution < 1.29 is 9.53 Å². The van der Waals surface area contributed by atoms with E-state index in [1.54, 1.807) is 13.8 Å². The fourth-order valence-electron chi connectivity index (χ4n) is 2.68. The second kappa shape index (κ2) is 3.44. The Balaban J connectivity index is 2.22. The maximum atomic E-state index is 12.0. The van der Waals surface area contributed by atoms with Crippen LogP contribution < -0.4 is 0 Å². The summed E-state index contributed by atoms with van der Waals surface area (Å²) in [7, 11) is 0. The number of nitrogens with zero attached hydrogens (tertiary/aromatic N) is 1. The van der Waals surface area contributed by atoms with Crippen LogP contribution in [0.25, 0.3) is 0 Å². The van der Waals surface area contributed by atoms with Gasteiger partial charge in [-0.1, -0.05) is 24.3 Å². The van der Waals surface area contributed by atoms with E-state index >= 15 is 0 Å². The fourth-order valence-corrected chi connectivity index (χ4v) is 2.68. The summed E-state index contributed by atoms with van der Waals surface area (Å²) in [5.41, 5.74) is 2.02. The summed E-state index contributed by atoms with van der Waals surface area (Å²) in [4.78, 5) is 16.6. The molecule has 1 aromatic rings. The van der Waals surface area contributed by atoms with Crippen LogP contribution in [0, 0.1) is 0 Å². The summed E-state index contributed by atoms with van der Waals surface area (Å²) in [5, 5.41) is 0. The maximum absolute atomic E-state index is 12.0. The molecular weight excluding hydrogens is 226 g/mol. The highest BCUT2D eigenvalue weighted by Crippen LogP contribution is 2.37. The monoisotopic (exact) mass is 243 g/mol. The van der Waals surface area contributed by atoms with Crippen molar-refractivity contribution in [1.29, 1.82) is 0 Å². The van der Waals surface area contributed by atoms with E-state index in [0.717, 1.165) is 24.1 Å². The van der Waals surface area contributed by atoms with Gasteiger partial charge < -0.3 is 4.74 Å². The molecule has 0 bridgehead atoms. The molecule has 3 nitrogen and oxygen atoms in total. The van der Waals surface area contributed by atoms with E-state index in [4.69, 9.17) is 4.74 Å². The second-order valence-electron chi connectivity index (χ2n) is 5.80. The van der Waals surface area contributed by atoms with Crippen molar-refractivity contribution in [3.05, 3.63) is 35.4 Å². The third kappa shape index (κ3) is 1.50. The van der Waals surface area contributed by atoms with Gasteiger partial charge in [0.05, 0.1) is 5.71 Å². The van der Waals surface area contributed by atoms with Crippen LogP contribution in [0.5, 0.6) is 0 Å². The van der Waals surface area contributed by atoms with Crippen LogP contribution >= 0.6 is 0 Å². The van der Waals surface area contributed by atoms with Gasteiger partial charge in [0, 0.05) is 5.56 Å². The predicted octanol–water partition coefficient (Wildman–Crippen LogP) is 2.52. The normalized spacial score (nSPS) is 28.8. The Hall–Kier alpha value is -1.64. The van der Waals surface area contributed by atoms with Gasteiger partial charge in [0.2, 0.25) is 0 Å². The molecule has 0 radical (unpaired) electrons. The summed E-state index contributed by atoms with van der Waals surface area (Å²) in [5.74, 6) is -0.229. The average molecular weight is 243 g/mol. The molecule has 1 aliphatic carbocycles. The first-order valence-electron chi connectivity index (χ1n) is 6.34. The van der Waals surface area contributed by atoms with E-state index in [0.29, 0.717) is 0 Å². The van der Waals surface area contributed by atoms with E-state index in [2.05, 4.69) is 17.1 Å².